The van der Waals surface area contributed by atoms with Crippen LogP contribution in [0.3, 0.4) is 0 Å². The normalized spacial score (nSPS) is 19.4. The molecule has 1 aromatic carbocycles. The van der Waals surface area contributed by atoms with Gasteiger partial charge in [0.05, 0.1) is 5.52 Å². The molecule has 156 valence electrons. The zero-order valence-corrected chi connectivity index (χ0v) is 16.4. The molecule has 1 atom stereocenters. The first kappa shape index (κ1) is 18.5. The minimum absolute atomic E-state index is 0.121. The summed E-state index contributed by atoms with van der Waals surface area (Å²) in [5.41, 5.74) is 1.10. The highest BCUT2D eigenvalue weighted by atomic mass is 16.6. The summed E-state index contributed by atoms with van der Waals surface area (Å²) in [5, 5.41) is 9.83. The number of hydrogen-bond donors (Lipinski definition) is 1. The van der Waals surface area contributed by atoms with Crippen molar-refractivity contribution in [2.45, 2.75) is 31.8 Å². The lowest BCUT2D eigenvalue weighted by molar-refractivity contribution is 0.0695. The van der Waals surface area contributed by atoms with Crippen molar-refractivity contribution in [1.82, 2.24) is 4.57 Å². The summed E-state index contributed by atoms with van der Waals surface area (Å²) in [4.78, 5) is 39.5. The van der Waals surface area contributed by atoms with Crippen LogP contribution in [-0.2, 0) is 0 Å². The van der Waals surface area contributed by atoms with Crippen LogP contribution in [-0.4, -0.2) is 41.3 Å². The molecule has 3 aromatic rings. The third-order valence-corrected chi connectivity index (χ3v) is 5.90. The topological polar surface area (TPSA) is 109 Å². The number of nitrogens with zero attached hydrogens (tertiary/aromatic N) is 3. The molecule has 9 nitrogen and oxygen atoms in total. The first-order valence-corrected chi connectivity index (χ1v) is 9.95. The maximum absolute atomic E-state index is 12.7. The number of piperazine rings is 1. The predicted octanol–water partition coefficient (Wildman–Crippen LogP) is 2.30. The number of carbonyl (C=O) groups is 1. The van der Waals surface area contributed by atoms with Gasteiger partial charge in [-0.15, -0.1) is 0 Å². The zero-order chi connectivity index (χ0) is 21.0. The number of carboxylic acids is 1. The molecule has 30 heavy (non-hydrogen) atoms. The molecule has 2 aromatic heterocycles. The van der Waals surface area contributed by atoms with Gasteiger partial charge in [0.25, 0.3) is 0 Å². The van der Waals surface area contributed by atoms with E-state index in [0.29, 0.717) is 30.9 Å². The maximum Gasteiger partial charge on any atom is 0.520 e. The van der Waals surface area contributed by atoms with Gasteiger partial charge in [-0.05, 0) is 38.0 Å². The lowest BCUT2D eigenvalue weighted by Gasteiger charge is -2.41. The number of hydrogen-bond acceptors (Lipinski definition) is 7. The van der Waals surface area contributed by atoms with E-state index in [2.05, 4.69) is 11.8 Å². The van der Waals surface area contributed by atoms with Gasteiger partial charge in [0, 0.05) is 49.0 Å². The van der Waals surface area contributed by atoms with Gasteiger partial charge in [0.15, 0.2) is 6.26 Å². The minimum atomic E-state index is -1.20. The number of aromatic carboxylic acids is 1. The lowest BCUT2D eigenvalue weighted by Crippen LogP contribution is -2.52. The van der Waals surface area contributed by atoms with Crippen LogP contribution in [0.1, 0.15) is 36.2 Å². The number of aromatic nitrogens is 1. The Hall–Kier alpha value is -3.49. The van der Waals surface area contributed by atoms with Crippen LogP contribution in [0.25, 0.3) is 10.9 Å². The van der Waals surface area contributed by atoms with E-state index in [1.54, 1.807) is 6.07 Å². The SMILES string of the molecule is CC1CN(c2coc(=O)o2)CCN1c1ccc2c(=O)c(C(=O)O)cn(C3CC3)c2c1. The van der Waals surface area contributed by atoms with Gasteiger partial charge in [-0.3, -0.25) is 4.79 Å². The highest BCUT2D eigenvalue weighted by Gasteiger charge is 2.29. The van der Waals surface area contributed by atoms with Crippen molar-refractivity contribution in [1.29, 1.82) is 0 Å². The van der Waals surface area contributed by atoms with Gasteiger partial charge in [0.2, 0.25) is 11.3 Å². The van der Waals surface area contributed by atoms with Crippen LogP contribution in [0, 0.1) is 0 Å². The second-order valence-electron chi connectivity index (χ2n) is 7.93. The Labute approximate surface area is 170 Å². The molecule has 1 N–H and O–H groups in total. The molecule has 0 radical (unpaired) electrons. The van der Waals surface area contributed by atoms with E-state index in [-0.39, 0.29) is 17.6 Å². The summed E-state index contributed by atoms with van der Waals surface area (Å²) in [5.74, 6) is -1.49. The summed E-state index contributed by atoms with van der Waals surface area (Å²) < 4.78 is 11.7. The fourth-order valence-corrected chi connectivity index (χ4v) is 4.24. The Balaban J connectivity index is 1.50. The van der Waals surface area contributed by atoms with Gasteiger partial charge in [-0.1, -0.05) is 0 Å². The highest BCUT2D eigenvalue weighted by molar-refractivity contribution is 5.93. The third-order valence-electron chi connectivity index (χ3n) is 5.90. The first-order valence-electron chi connectivity index (χ1n) is 9.95. The molecular weight excluding hydrogens is 390 g/mol. The Kier molecular flexibility index (Phi) is 4.19. The van der Waals surface area contributed by atoms with E-state index in [0.717, 1.165) is 24.0 Å². The quantitative estimate of drug-likeness (QED) is 0.697. The zero-order valence-electron chi connectivity index (χ0n) is 16.4. The number of carboxylic acid groups (broad SMARTS) is 1. The number of rotatable bonds is 4. The molecule has 2 fully saturated rings. The van der Waals surface area contributed by atoms with E-state index >= 15 is 0 Å². The molecule has 1 unspecified atom stereocenters. The fraction of sp³-hybridized carbons (Fsp3) is 0.381. The molecule has 1 saturated heterocycles. The third kappa shape index (κ3) is 3.06. The molecule has 2 aliphatic rings. The van der Waals surface area contributed by atoms with Crippen LogP contribution in [0.4, 0.5) is 11.6 Å². The summed E-state index contributed by atoms with van der Waals surface area (Å²) >= 11 is 0. The summed E-state index contributed by atoms with van der Waals surface area (Å²) in [6.07, 6.45) is 4.77. The molecular formula is C21H21N3O6. The van der Waals surface area contributed by atoms with Crippen LogP contribution in [0.2, 0.25) is 0 Å². The largest absolute Gasteiger partial charge is 0.520 e. The first-order chi connectivity index (χ1) is 14.4. The molecule has 0 amide bonds. The Morgan fingerprint density at radius 1 is 1.20 bits per heavy atom. The van der Waals surface area contributed by atoms with Gasteiger partial charge >= 0.3 is 11.8 Å². The second kappa shape index (κ2) is 6.79. The van der Waals surface area contributed by atoms with Crippen LogP contribution >= 0.6 is 0 Å². The number of anilines is 2. The average molecular weight is 411 g/mol. The Morgan fingerprint density at radius 2 is 2.00 bits per heavy atom. The van der Waals surface area contributed by atoms with Gasteiger partial charge in [-0.2, -0.15) is 0 Å². The second-order valence-corrected chi connectivity index (χ2v) is 7.93. The monoisotopic (exact) mass is 411 g/mol. The van der Waals surface area contributed by atoms with Crippen molar-refractivity contribution >= 4 is 28.4 Å². The van der Waals surface area contributed by atoms with Crippen molar-refractivity contribution in [3.63, 3.8) is 0 Å². The number of fused-ring (bicyclic) bond motifs is 1. The molecule has 1 saturated carbocycles. The average Bonchev–Trinajstić information content (AvgIpc) is 3.47. The smallest absolute Gasteiger partial charge is 0.477 e. The molecule has 1 aliphatic carbocycles. The van der Waals surface area contributed by atoms with Crippen molar-refractivity contribution in [3.05, 3.63) is 57.1 Å². The highest BCUT2D eigenvalue weighted by Crippen LogP contribution is 2.38. The molecule has 5 rings (SSSR count). The summed E-state index contributed by atoms with van der Waals surface area (Å²) in [6.45, 7) is 4.07. The van der Waals surface area contributed by atoms with Gasteiger partial charge in [0.1, 0.15) is 5.56 Å². The summed E-state index contributed by atoms with van der Waals surface area (Å²) in [6, 6.07) is 5.93. The predicted molar refractivity (Wildman–Crippen MR) is 110 cm³/mol. The van der Waals surface area contributed by atoms with Crippen molar-refractivity contribution < 1.29 is 18.7 Å². The molecule has 3 heterocycles. The lowest BCUT2D eigenvalue weighted by atomic mass is 10.1. The van der Waals surface area contributed by atoms with Crippen LogP contribution in [0.5, 0.6) is 0 Å². The van der Waals surface area contributed by atoms with Crippen LogP contribution in [0.15, 0.2) is 49.1 Å². The van der Waals surface area contributed by atoms with Crippen molar-refractivity contribution in [3.8, 4) is 0 Å². The van der Waals surface area contributed by atoms with Crippen LogP contribution < -0.4 is 21.1 Å². The van der Waals surface area contributed by atoms with Crippen molar-refractivity contribution in [2.24, 2.45) is 0 Å². The molecule has 1 aliphatic heterocycles. The van der Waals surface area contributed by atoms with Crippen molar-refractivity contribution in [2.75, 3.05) is 29.4 Å². The molecule has 0 spiro atoms. The summed E-state index contributed by atoms with van der Waals surface area (Å²) in [7, 11) is 0. The number of pyridine rings is 1. The minimum Gasteiger partial charge on any atom is -0.477 e. The molecule has 9 heteroatoms. The van der Waals surface area contributed by atoms with E-state index in [1.807, 2.05) is 21.6 Å². The van der Waals surface area contributed by atoms with E-state index in [1.165, 1.54) is 12.5 Å². The maximum atomic E-state index is 12.7. The fourth-order valence-electron chi connectivity index (χ4n) is 4.24. The van der Waals surface area contributed by atoms with E-state index in [9.17, 15) is 19.5 Å². The van der Waals surface area contributed by atoms with Gasteiger partial charge in [-0.25, -0.2) is 9.59 Å². The van der Waals surface area contributed by atoms with E-state index in [4.69, 9.17) is 8.83 Å². The standard InChI is InChI=1S/C21H21N3O6/c1-12-9-22(18-11-29-21(28)30-18)6-7-23(12)14-4-5-15-17(8-14)24(13-2-3-13)10-16(19(15)25)20(26)27/h4-5,8,10-13H,2-3,6-7,9H2,1H3,(H,26,27). The van der Waals surface area contributed by atoms with Gasteiger partial charge < -0.3 is 28.3 Å². The van der Waals surface area contributed by atoms with E-state index < -0.39 is 17.2 Å². The Bertz CT molecular complexity index is 1250. The Morgan fingerprint density at radius 3 is 2.63 bits per heavy atom. The molecule has 0 bridgehead atoms. The number of benzene rings is 1.